The minimum atomic E-state index is -1.02. The lowest BCUT2D eigenvalue weighted by Crippen LogP contribution is -2.04. The van der Waals surface area contributed by atoms with Gasteiger partial charge >= 0.3 is 0 Å². The smallest absolute Gasteiger partial charge is 0.115 e. The Morgan fingerprint density at radius 1 is 0.909 bits per heavy atom. The van der Waals surface area contributed by atoms with Gasteiger partial charge in [-0.25, -0.2) is 4.98 Å². The van der Waals surface area contributed by atoms with Gasteiger partial charge in [-0.15, -0.1) is 11.8 Å². The first-order valence-corrected chi connectivity index (χ1v) is 13.3. The van der Waals surface area contributed by atoms with Crippen LogP contribution in [-0.2, 0) is 16.6 Å². The summed E-state index contributed by atoms with van der Waals surface area (Å²) in [5, 5.41) is 11.3. The number of rotatable bonds is 8. The van der Waals surface area contributed by atoms with E-state index in [4.69, 9.17) is 16.6 Å². The predicted octanol–water partition coefficient (Wildman–Crippen LogP) is 6.98. The number of nitriles is 1. The van der Waals surface area contributed by atoms with E-state index in [-0.39, 0.29) is 0 Å². The number of hydrogen-bond donors (Lipinski definition) is 0. The van der Waals surface area contributed by atoms with Gasteiger partial charge in [-0.1, -0.05) is 84.4 Å². The molecule has 0 fully saturated rings. The van der Waals surface area contributed by atoms with Crippen LogP contribution in [0.15, 0.2) is 96.0 Å². The Kier molecular flexibility index (Phi) is 7.96. The highest BCUT2D eigenvalue weighted by atomic mass is 35.5. The van der Waals surface area contributed by atoms with Gasteiger partial charge < -0.3 is 0 Å². The van der Waals surface area contributed by atoms with Crippen molar-refractivity contribution in [3.8, 4) is 28.5 Å². The van der Waals surface area contributed by atoms with Crippen molar-refractivity contribution in [1.82, 2.24) is 4.98 Å². The van der Waals surface area contributed by atoms with Gasteiger partial charge in [0, 0.05) is 44.2 Å². The van der Waals surface area contributed by atoms with Crippen molar-refractivity contribution in [3.05, 3.63) is 107 Å². The number of aromatic nitrogens is 1. The molecule has 0 N–H and O–H groups in total. The normalized spacial score (nSPS) is 11.6. The van der Waals surface area contributed by atoms with Crippen molar-refractivity contribution >= 4 is 34.2 Å². The Balaban J connectivity index is 1.58. The first kappa shape index (κ1) is 23.3. The Morgan fingerprint density at radius 2 is 1.55 bits per heavy atom. The van der Waals surface area contributed by atoms with Crippen LogP contribution in [-0.4, -0.2) is 20.7 Å². The third-order valence-corrected chi connectivity index (χ3v) is 7.85. The van der Waals surface area contributed by atoms with E-state index < -0.39 is 10.8 Å². The van der Waals surface area contributed by atoms with Crippen LogP contribution in [0.4, 0.5) is 0 Å². The summed E-state index contributed by atoms with van der Waals surface area (Å²) in [5.74, 6) is 1.60. The SMILES string of the molecule is N#Cc1c(-c2ccccc2)cc(-c2ccccc2)nc1SCCS(=O)Cc1ccc(Cl)cc1. The van der Waals surface area contributed by atoms with E-state index in [2.05, 4.69) is 6.07 Å². The molecular weight excluding hydrogens is 468 g/mol. The van der Waals surface area contributed by atoms with Crippen LogP contribution in [0.25, 0.3) is 22.4 Å². The molecule has 164 valence electrons. The highest BCUT2D eigenvalue weighted by molar-refractivity contribution is 8.00. The molecule has 0 amide bonds. The van der Waals surface area contributed by atoms with Crippen LogP contribution in [0.5, 0.6) is 0 Å². The zero-order chi connectivity index (χ0) is 23.0. The van der Waals surface area contributed by atoms with Crippen molar-refractivity contribution in [2.45, 2.75) is 10.8 Å². The molecule has 0 bridgehead atoms. The summed E-state index contributed by atoms with van der Waals surface area (Å²) in [6.45, 7) is 0. The summed E-state index contributed by atoms with van der Waals surface area (Å²) in [7, 11) is -1.02. The summed E-state index contributed by atoms with van der Waals surface area (Å²) in [5.41, 5.74) is 5.19. The van der Waals surface area contributed by atoms with E-state index in [0.29, 0.717) is 32.9 Å². The maximum atomic E-state index is 12.6. The molecule has 4 aromatic rings. The van der Waals surface area contributed by atoms with Gasteiger partial charge in [0.25, 0.3) is 0 Å². The molecule has 4 rings (SSSR count). The second-order valence-electron chi connectivity index (χ2n) is 7.34. The highest BCUT2D eigenvalue weighted by Crippen LogP contribution is 2.34. The van der Waals surface area contributed by atoms with Crippen LogP contribution >= 0.6 is 23.4 Å². The van der Waals surface area contributed by atoms with Gasteiger partial charge in [-0.05, 0) is 29.3 Å². The van der Waals surface area contributed by atoms with Gasteiger partial charge in [0.15, 0.2) is 0 Å². The second kappa shape index (κ2) is 11.3. The van der Waals surface area contributed by atoms with Crippen molar-refractivity contribution in [1.29, 1.82) is 5.26 Å². The molecular formula is C27H21ClN2OS2. The molecule has 0 radical (unpaired) electrons. The molecule has 3 aromatic carbocycles. The predicted molar refractivity (Wildman–Crippen MR) is 139 cm³/mol. The third-order valence-electron chi connectivity index (χ3n) is 5.04. The molecule has 0 aliphatic rings. The minimum absolute atomic E-state index is 0.482. The number of thioether (sulfide) groups is 1. The lowest BCUT2D eigenvalue weighted by molar-refractivity contribution is 0.683. The van der Waals surface area contributed by atoms with Crippen LogP contribution in [0.2, 0.25) is 5.02 Å². The number of halogens is 1. The summed E-state index contributed by atoms with van der Waals surface area (Å²) in [6.07, 6.45) is 0. The molecule has 1 aromatic heterocycles. The van der Waals surface area contributed by atoms with Crippen LogP contribution in [0.3, 0.4) is 0 Å². The number of nitrogens with zero attached hydrogens (tertiary/aromatic N) is 2. The Labute approximate surface area is 205 Å². The largest absolute Gasteiger partial charge is 0.259 e. The van der Waals surface area contributed by atoms with Gasteiger partial charge in [0.2, 0.25) is 0 Å². The zero-order valence-electron chi connectivity index (χ0n) is 17.8. The molecule has 1 heterocycles. The maximum absolute atomic E-state index is 12.6. The molecule has 33 heavy (non-hydrogen) atoms. The fourth-order valence-corrected chi connectivity index (χ4v) is 5.97. The molecule has 0 aliphatic carbocycles. The van der Waals surface area contributed by atoms with E-state index >= 15 is 0 Å². The van der Waals surface area contributed by atoms with Crippen LogP contribution in [0.1, 0.15) is 11.1 Å². The van der Waals surface area contributed by atoms with Crippen molar-refractivity contribution in [2.24, 2.45) is 0 Å². The molecule has 0 saturated heterocycles. The van der Waals surface area contributed by atoms with Gasteiger partial charge in [0.1, 0.15) is 11.1 Å². The summed E-state index contributed by atoms with van der Waals surface area (Å²) in [4.78, 5) is 4.82. The third kappa shape index (κ3) is 6.11. The van der Waals surface area contributed by atoms with Crippen LogP contribution < -0.4 is 0 Å². The topological polar surface area (TPSA) is 53.8 Å². The first-order valence-electron chi connectivity index (χ1n) is 10.4. The maximum Gasteiger partial charge on any atom is 0.115 e. The zero-order valence-corrected chi connectivity index (χ0v) is 20.2. The number of pyridine rings is 1. The van der Waals surface area contributed by atoms with E-state index in [9.17, 15) is 9.47 Å². The highest BCUT2D eigenvalue weighted by Gasteiger charge is 2.16. The molecule has 1 atom stereocenters. The van der Waals surface area contributed by atoms with Crippen molar-refractivity contribution < 1.29 is 4.21 Å². The number of hydrogen-bond acceptors (Lipinski definition) is 4. The molecule has 0 saturated carbocycles. The molecule has 1 unspecified atom stereocenters. The molecule has 0 aliphatic heterocycles. The van der Waals surface area contributed by atoms with Crippen LogP contribution in [0, 0.1) is 11.3 Å². The average molecular weight is 489 g/mol. The van der Waals surface area contributed by atoms with Gasteiger partial charge in [-0.2, -0.15) is 5.26 Å². The fraction of sp³-hybridized carbons (Fsp3) is 0.111. The molecule has 6 heteroatoms. The first-order chi connectivity index (χ1) is 16.1. The molecule has 0 spiro atoms. The second-order valence-corrected chi connectivity index (χ2v) is 10.4. The summed E-state index contributed by atoms with van der Waals surface area (Å²) < 4.78 is 12.6. The van der Waals surface area contributed by atoms with E-state index in [1.165, 1.54) is 11.8 Å². The quantitative estimate of drug-likeness (QED) is 0.251. The average Bonchev–Trinajstić information content (AvgIpc) is 2.86. The molecule has 3 nitrogen and oxygen atoms in total. The lowest BCUT2D eigenvalue weighted by Gasteiger charge is -2.12. The minimum Gasteiger partial charge on any atom is -0.259 e. The lowest BCUT2D eigenvalue weighted by atomic mass is 9.99. The number of benzene rings is 3. The van der Waals surface area contributed by atoms with Gasteiger partial charge in [0.05, 0.1) is 11.3 Å². The van der Waals surface area contributed by atoms with Crippen molar-refractivity contribution in [3.63, 3.8) is 0 Å². The fourth-order valence-electron chi connectivity index (χ4n) is 3.41. The summed E-state index contributed by atoms with van der Waals surface area (Å²) >= 11 is 7.41. The standard InChI is InChI=1S/C27H21ClN2OS2/c28-23-13-11-20(12-14-23)19-33(31)16-15-32-27-25(18-29)24(21-7-3-1-4-8-21)17-26(30-27)22-9-5-2-6-10-22/h1-14,17H,15-16,19H2. The van der Waals surface area contributed by atoms with E-state index in [1.807, 2.05) is 91.0 Å². The summed E-state index contributed by atoms with van der Waals surface area (Å²) in [6, 6.07) is 31.6. The van der Waals surface area contributed by atoms with Crippen molar-refractivity contribution in [2.75, 3.05) is 11.5 Å². The Hall–Kier alpha value is -2.91. The van der Waals surface area contributed by atoms with Gasteiger partial charge in [-0.3, -0.25) is 4.21 Å². The Bertz CT molecular complexity index is 1290. The monoisotopic (exact) mass is 488 g/mol. The van der Waals surface area contributed by atoms with E-state index in [1.54, 1.807) is 0 Å². The van der Waals surface area contributed by atoms with E-state index in [0.717, 1.165) is 27.9 Å². The Morgan fingerprint density at radius 3 is 2.18 bits per heavy atom.